The number of nitrogens with zero attached hydrogens (tertiary/aromatic N) is 2. The summed E-state index contributed by atoms with van der Waals surface area (Å²) in [5, 5.41) is 14.5. The molecule has 1 aliphatic carbocycles. The smallest absolute Gasteiger partial charge is 0.116 e. The normalized spacial score (nSPS) is 29.1. The zero-order chi connectivity index (χ0) is 19.0. The van der Waals surface area contributed by atoms with E-state index in [4.69, 9.17) is 9.73 Å². The lowest BCUT2D eigenvalue weighted by Gasteiger charge is -2.35. The zero-order valence-electron chi connectivity index (χ0n) is 16.8. The molecule has 6 heteroatoms. The van der Waals surface area contributed by atoms with E-state index in [-0.39, 0.29) is 18.8 Å². The average Bonchev–Trinajstić information content (AvgIpc) is 3.06. The van der Waals surface area contributed by atoms with Crippen molar-refractivity contribution in [2.75, 3.05) is 38.2 Å². The van der Waals surface area contributed by atoms with Crippen molar-refractivity contribution in [3.63, 3.8) is 0 Å². The Balaban J connectivity index is 1.53. The van der Waals surface area contributed by atoms with Crippen LogP contribution in [0.3, 0.4) is 0 Å². The number of rotatable bonds is 4. The second-order valence-electron chi connectivity index (χ2n) is 9.11. The summed E-state index contributed by atoms with van der Waals surface area (Å²) in [5.41, 5.74) is 2.94. The molecule has 2 aliphatic heterocycles. The number of aliphatic hydroxyl groups excluding tert-OH is 1. The van der Waals surface area contributed by atoms with Crippen LogP contribution < -0.4 is 5.32 Å². The van der Waals surface area contributed by atoms with Crippen LogP contribution in [-0.4, -0.2) is 60.8 Å². The molecule has 0 amide bonds. The Morgan fingerprint density at radius 1 is 1.37 bits per heavy atom. The third-order valence-corrected chi connectivity index (χ3v) is 7.63. The third-order valence-electron chi connectivity index (χ3n) is 6.41. The molecule has 150 valence electrons. The van der Waals surface area contributed by atoms with E-state index in [1.807, 2.05) is 11.3 Å². The van der Waals surface area contributed by atoms with Gasteiger partial charge in [0.05, 0.1) is 36.6 Å². The van der Waals surface area contributed by atoms with Crippen LogP contribution in [-0.2, 0) is 4.74 Å². The molecule has 1 unspecified atom stereocenters. The van der Waals surface area contributed by atoms with E-state index < -0.39 is 0 Å². The SMILES string of the molecule is CC1N=C(CN2CCOC[C@@H]2CO)c2cc(C3CCC(C)(C)CC3)sc2N1. The molecule has 1 saturated carbocycles. The monoisotopic (exact) mass is 391 g/mol. The zero-order valence-corrected chi connectivity index (χ0v) is 17.6. The first kappa shape index (κ1) is 19.4. The number of aliphatic hydroxyl groups is 1. The molecular weight excluding hydrogens is 358 g/mol. The molecule has 4 rings (SSSR count). The maximum atomic E-state index is 9.68. The van der Waals surface area contributed by atoms with Crippen molar-refractivity contribution < 1.29 is 9.84 Å². The van der Waals surface area contributed by atoms with Gasteiger partial charge in [0, 0.05) is 23.5 Å². The van der Waals surface area contributed by atoms with Crippen LogP contribution in [0, 0.1) is 5.41 Å². The number of morpholine rings is 1. The first-order valence-electron chi connectivity index (χ1n) is 10.3. The largest absolute Gasteiger partial charge is 0.395 e. The molecule has 3 heterocycles. The topological polar surface area (TPSA) is 57.1 Å². The van der Waals surface area contributed by atoms with Gasteiger partial charge >= 0.3 is 0 Å². The Hall–Kier alpha value is -0.950. The van der Waals surface area contributed by atoms with Crippen molar-refractivity contribution in [3.8, 4) is 0 Å². The van der Waals surface area contributed by atoms with Gasteiger partial charge in [-0.2, -0.15) is 0 Å². The lowest BCUT2D eigenvalue weighted by atomic mass is 9.73. The van der Waals surface area contributed by atoms with E-state index in [9.17, 15) is 5.11 Å². The first-order valence-corrected chi connectivity index (χ1v) is 11.2. The third kappa shape index (κ3) is 4.24. The molecule has 27 heavy (non-hydrogen) atoms. The molecule has 3 aliphatic rings. The highest BCUT2D eigenvalue weighted by Gasteiger charge is 2.31. The number of thiophene rings is 1. The van der Waals surface area contributed by atoms with Crippen LogP contribution in [0.25, 0.3) is 0 Å². The molecule has 2 fully saturated rings. The Morgan fingerprint density at radius 3 is 2.89 bits per heavy atom. The van der Waals surface area contributed by atoms with Gasteiger partial charge in [-0.05, 0) is 50.0 Å². The van der Waals surface area contributed by atoms with Gasteiger partial charge in [-0.15, -0.1) is 11.3 Å². The van der Waals surface area contributed by atoms with Crippen molar-refractivity contribution in [1.29, 1.82) is 0 Å². The second kappa shape index (κ2) is 7.82. The number of nitrogens with one attached hydrogen (secondary N) is 1. The van der Waals surface area contributed by atoms with E-state index in [2.05, 4.69) is 37.1 Å². The van der Waals surface area contributed by atoms with Crippen molar-refractivity contribution in [1.82, 2.24) is 4.90 Å². The van der Waals surface area contributed by atoms with Crippen LogP contribution in [0.5, 0.6) is 0 Å². The molecule has 1 aromatic heterocycles. The minimum atomic E-state index is 0.0776. The quantitative estimate of drug-likeness (QED) is 0.822. The van der Waals surface area contributed by atoms with E-state index in [1.54, 1.807) is 0 Å². The molecule has 0 radical (unpaired) electrons. The lowest BCUT2D eigenvalue weighted by molar-refractivity contribution is -0.0200. The number of aliphatic imine (C=N–C) groups is 1. The van der Waals surface area contributed by atoms with E-state index in [1.165, 1.54) is 41.1 Å². The van der Waals surface area contributed by atoms with Gasteiger partial charge in [-0.3, -0.25) is 9.89 Å². The van der Waals surface area contributed by atoms with Crippen molar-refractivity contribution in [2.45, 2.75) is 64.6 Å². The summed E-state index contributed by atoms with van der Waals surface area (Å²) in [5.74, 6) is 0.695. The first-order chi connectivity index (χ1) is 12.9. The molecule has 2 N–H and O–H groups in total. The van der Waals surface area contributed by atoms with Gasteiger partial charge in [0.15, 0.2) is 0 Å². The number of hydrogen-bond acceptors (Lipinski definition) is 6. The van der Waals surface area contributed by atoms with Crippen LogP contribution in [0.1, 0.15) is 62.8 Å². The van der Waals surface area contributed by atoms with Crippen molar-refractivity contribution >= 4 is 22.0 Å². The summed E-state index contributed by atoms with van der Waals surface area (Å²) in [6.07, 6.45) is 5.33. The Kier molecular flexibility index (Phi) is 5.61. The van der Waals surface area contributed by atoms with Crippen molar-refractivity contribution in [2.24, 2.45) is 10.4 Å². The van der Waals surface area contributed by atoms with Crippen molar-refractivity contribution in [3.05, 3.63) is 16.5 Å². The predicted octanol–water partition coefficient (Wildman–Crippen LogP) is 3.69. The van der Waals surface area contributed by atoms with Gasteiger partial charge in [0.2, 0.25) is 0 Å². The molecule has 1 aromatic rings. The van der Waals surface area contributed by atoms with Crippen LogP contribution in [0.15, 0.2) is 11.1 Å². The summed E-state index contributed by atoms with van der Waals surface area (Å²) in [6.45, 7) is 10.0. The number of hydrogen-bond donors (Lipinski definition) is 2. The fourth-order valence-electron chi connectivity index (χ4n) is 4.53. The summed E-state index contributed by atoms with van der Waals surface area (Å²) in [6, 6.07) is 2.48. The van der Waals surface area contributed by atoms with Gasteiger partial charge < -0.3 is 15.2 Å². The van der Waals surface area contributed by atoms with E-state index in [0.29, 0.717) is 17.9 Å². The molecule has 5 nitrogen and oxygen atoms in total. The highest BCUT2D eigenvalue weighted by molar-refractivity contribution is 7.16. The fraction of sp³-hybridized carbons (Fsp3) is 0.762. The molecule has 2 atom stereocenters. The molecule has 0 spiro atoms. The van der Waals surface area contributed by atoms with Gasteiger partial charge in [0.25, 0.3) is 0 Å². The average molecular weight is 392 g/mol. The van der Waals surface area contributed by atoms with Gasteiger partial charge in [-0.1, -0.05) is 13.8 Å². The maximum Gasteiger partial charge on any atom is 0.116 e. The van der Waals surface area contributed by atoms with E-state index in [0.717, 1.165) is 25.4 Å². The molecule has 0 aromatic carbocycles. The second-order valence-corrected chi connectivity index (χ2v) is 10.2. The molecular formula is C21H33N3O2S. The van der Waals surface area contributed by atoms with Crippen LogP contribution in [0.4, 0.5) is 5.00 Å². The fourth-order valence-corrected chi connectivity index (χ4v) is 5.86. The van der Waals surface area contributed by atoms with Gasteiger partial charge in [0.1, 0.15) is 6.17 Å². The highest BCUT2D eigenvalue weighted by Crippen LogP contribution is 2.46. The molecule has 0 bridgehead atoms. The number of anilines is 1. The summed E-state index contributed by atoms with van der Waals surface area (Å²) in [4.78, 5) is 8.76. The minimum Gasteiger partial charge on any atom is -0.395 e. The highest BCUT2D eigenvalue weighted by atomic mass is 32.1. The predicted molar refractivity (Wildman–Crippen MR) is 112 cm³/mol. The Morgan fingerprint density at radius 2 is 2.15 bits per heavy atom. The summed E-state index contributed by atoms with van der Waals surface area (Å²) < 4.78 is 5.53. The molecule has 1 saturated heterocycles. The van der Waals surface area contributed by atoms with Crippen LogP contribution in [0.2, 0.25) is 0 Å². The Labute approximate surface area is 166 Å². The van der Waals surface area contributed by atoms with E-state index >= 15 is 0 Å². The van der Waals surface area contributed by atoms with Crippen LogP contribution >= 0.6 is 11.3 Å². The number of fused-ring (bicyclic) bond motifs is 1. The minimum absolute atomic E-state index is 0.0776. The Bertz CT molecular complexity index is 690. The maximum absolute atomic E-state index is 9.68. The summed E-state index contributed by atoms with van der Waals surface area (Å²) in [7, 11) is 0. The van der Waals surface area contributed by atoms with Gasteiger partial charge in [-0.25, -0.2) is 0 Å². The summed E-state index contributed by atoms with van der Waals surface area (Å²) >= 11 is 1.93. The number of ether oxygens (including phenoxy) is 1. The standard InChI is InChI=1S/C21H33N3O2S/c1-14-22-18(11-24-8-9-26-13-16(24)12-25)17-10-19(27-20(17)23-14)15-4-6-21(2,3)7-5-15/h10,14-16,23,25H,4-9,11-13H2,1-3H3/t14?,16-/m0/s1. The lowest BCUT2D eigenvalue weighted by Crippen LogP contribution is -2.50.